The first-order chi connectivity index (χ1) is 17.0. The van der Waals surface area contributed by atoms with Gasteiger partial charge >= 0.3 is 5.97 Å². The van der Waals surface area contributed by atoms with Gasteiger partial charge in [0.15, 0.2) is 6.10 Å². The van der Waals surface area contributed by atoms with Crippen LogP contribution in [0.4, 0.5) is 0 Å². The van der Waals surface area contributed by atoms with Crippen molar-refractivity contribution in [1.82, 2.24) is 0 Å². The van der Waals surface area contributed by atoms with Gasteiger partial charge in [0.25, 0.3) is 0 Å². The monoisotopic (exact) mass is 479 g/mol. The minimum atomic E-state index is -1.65. The van der Waals surface area contributed by atoms with Crippen LogP contribution in [0.15, 0.2) is 84.0 Å². The highest BCUT2D eigenvalue weighted by Crippen LogP contribution is 2.22. The Kier molecular flexibility index (Phi) is 9.65. The van der Waals surface area contributed by atoms with Crippen LogP contribution < -0.4 is 9.47 Å². The van der Waals surface area contributed by atoms with Crippen molar-refractivity contribution in [3.63, 3.8) is 0 Å². The fraction of sp³-hybridized carbons (Fsp3) is 0.259. The highest BCUT2D eigenvalue weighted by molar-refractivity contribution is 6.01. The lowest BCUT2D eigenvalue weighted by Crippen LogP contribution is -2.29. The van der Waals surface area contributed by atoms with Crippen molar-refractivity contribution in [1.29, 1.82) is 0 Å². The molecule has 184 valence electrons. The van der Waals surface area contributed by atoms with Gasteiger partial charge in [-0.25, -0.2) is 4.79 Å². The zero-order chi connectivity index (χ0) is 25.0. The molecule has 8 nitrogen and oxygen atoms in total. The first-order valence-electron chi connectivity index (χ1n) is 11.1. The van der Waals surface area contributed by atoms with E-state index in [1.165, 1.54) is 7.11 Å². The lowest BCUT2D eigenvalue weighted by Gasteiger charge is -2.17. The highest BCUT2D eigenvalue weighted by atomic mass is 16.6. The van der Waals surface area contributed by atoms with E-state index < -0.39 is 18.2 Å². The van der Waals surface area contributed by atoms with Crippen molar-refractivity contribution in [2.75, 3.05) is 20.3 Å². The predicted octanol–water partition coefficient (Wildman–Crippen LogP) is 3.65. The molecule has 2 N–H and O–H groups in total. The molecule has 0 aliphatic carbocycles. The van der Waals surface area contributed by atoms with Gasteiger partial charge in [0, 0.05) is 5.56 Å². The molecule has 0 aliphatic heterocycles. The molecular formula is C27H29NO7. The number of oxime groups is 1. The number of benzene rings is 3. The number of nitrogens with zero attached hydrogens (tertiary/aromatic N) is 1. The van der Waals surface area contributed by atoms with Gasteiger partial charge in [-0.1, -0.05) is 59.8 Å². The molecule has 3 aromatic carbocycles. The summed E-state index contributed by atoms with van der Waals surface area (Å²) in [4.78, 5) is 16.5. The summed E-state index contributed by atoms with van der Waals surface area (Å²) in [5.74, 6) is 0.400. The molecule has 2 unspecified atom stereocenters. The molecule has 0 amide bonds. The van der Waals surface area contributed by atoms with Crippen molar-refractivity contribution in [2.45, 2.75) is 25.7 Å². The van der Waals surface area contributed by atoms with Gasteiger partial charge in [0.1, 0.15) is 43.6 Å². The molecule has 3 rings (SSSR count). The van der Waals surface area contributed by atoms with E-state index in [4.69, 9.17) is 19.0 Å². The van der Waals surface area contributed by atoms with E-state index in [2.05, 4.69) is 5.16 Å². The summed E-state index contributed by atoms with van der Waals surface area (Å²) in [5, 5.41) is 24.1. The smallest absolute Gasteiger partial charge is 0.338 e. The van der Waals surface area contributed by atoms with Crippen LogP contribution in [-0.4, -0.2) is 48.3 Å². The highest BCUT2D eigenvalue weighted by Gasteiger charge is 2.26. The zero-order valence-corrected chi connectivity index (χ0v) is 19.7. The molecule has 2 atom stereocenters. The van der Waals surface area contributed by atoms with Crippen molar-refractivity contribution in [3.05, 3.63) is 95.6 Å². The topological polar surface area (TPSA) is 107 Å². The van der Waals surface area contributed by atoms with Crippen molar-refractivity contribution in [2.24, 2.45) is 5.16 Å². The molecule has 0 aromatic heterocycles. The van der Waals surface area contributed by atoms with Gasteiger partial charge in [0.05, 0.1) is 6.61 Å². The number of hydrogen-bond acceptors (Lipinski definition) is 8. The normalized spacial score (nSPS) is 13.0. The number of hydrogen-bond donors (Lipinski definition) is 2. The molecule has 8 heteroatoms. The first-order valence-corrected chi connectivity index (χ1v) is 11.1. The fourth-order valence-electron chi connectivity index (χ4n) is 3.20. The average molecular weight is 480 g/mol. The second kappa shape index (κ2) is 13.1. The summed E-state index contributed by atoms with van der Waals surface area (Å²) < 4.78 is 16.4. The summed E-state index contributed by atoms with van der Waals surface area (Å²) in [6.45, 7) is 2.34. The molecule has 0 saturated heterocycles. The van der Waals surface area contributed by atoms with Crippen molar-refractivity contribution in [3.8, 4) is 11.5 Å². The molecule has 35 heavy (non-hydrogen) atoms. The Labute approximate surface area is 204 Å². The van der Waals surface area contributed by atoms with Gasteiger partial charge < -0.3 is 29.3 Å². The first kappa shape index (κ1) is 25.7. The van der Waals surface area contributed by atoms with E-state index >= 15 is 0 Å². The third-order valence-corrected chi connectivity index (χ3v) is 5.06. The number of ether oxygens (including phenoxy) is 3. The second-order valence-electron chi connectivity index (χ2n) is 7.52. The average Bonchev–Trinajstić information content (AvgIpc) is 2.90. The maximum Gasteiger partial charge on any atom is 0.338 e. The molecule has 0 radical (unpaired) electrons. The predicted molar refractivity (Wildman–Crippen MR) is 130 cm³/mol. The van der Waals surface area contributed by atoms with Crippen LogP contribution in [0, 0.1) is 0 Å². The Hall–Kier alpha value is -3.88. The zero-order valence-electron chi connectivity index (χ0n) is 19.7. The molecule has 0 spiro atoms. The molecule has 0 heterocycles. The number of carbonyl (C=O) groups excluding carboxylic acids is 1. The van der Waals surface area contributed by atoms with E-state index in [-0.39, 0.29) is 13.2 Å². The van der Waals surface area contributed by atoms with Crippen LogP contribution in [0.1, 0.15) is 29.7 Å². The number of esters is 1. The van der Waals surface area contributed by atoms with E-state index in [0.29, 0.717) is 29.4 Å². The third-order valence-electron chi connectivity index (χ3n) is 5.06. The Balaban J connectivity index is 1.51. The fourth-order valence-corrected chi connectivity index (χ4v) is 3.20. The van der Waals surface area contributed by atoms with Crippen LogP contribution in [0.2, 0.25) is 0 Å². The van der Waals surface area contributed by atoms with Gasteiger partial charge in [-0.3, -0.25) is 0 Å². The van der Waals surface area contributed by atoms with Crippen molar-refractivity contribution < 1.29 is 34.1 Å². The van der Waals surface area contributed by atoms with Crippen molar-refractivity contribution >= 4 is 11.7 Å². The van der Waals surface area contributed by atoms with Crippen LogP contribution in [-0.2, 0) is 21.0 Å². The second-order valence-corrected chi connectivity index (χ2v) is 7.52. The largest absolute Gasteiger partial charge is 0.489 e. The minimum Gasteiger partial charge on any atom is -0.489 e. The van der Waals surface area contributed by atoms with E-state index in [1.54, 1.807) is 31.2 Å². The van der Waals surface area contributed by atoms with Gasteiger partial charge in [0.2, 0.25) is 0 Å². The molecule has 3 aromatic rings. The number of carbonyl (C=O) groups is 1. The molecule has 0 bridgehead atoms. The van der Waals surface area contributed by atoms with Gasteiger partial charge in [-0.15, -0.1) is 0 Å². The summed E-state index contributed by atoms with van der Waals surface area (Å²) >= 11 is 0. The third kappa shape index (κ3) is 7.56. The minimum absolute atomic E-state index is 0.124. The summed E-state index contributed by atoms with van der Waals surface area (Å²) in [6, 6.07) is 23.7. The number of aliphatic hydroxyl groups excluding tert-OH is 2. The number of rotatable bonds is 12. The quantitative estimate of drug-likeness (QED) is 0.232. The molecule has 0 saturated carbocycles. The summed E-state index contributed by atoms with van der Waals surface area (Å²) in [6.07, 6.45) is -3.03. The van der Waals surface area contributed by atoms with Gasteiger partial charge in [-0.05, 0) is 42.3 Å². The van der Waals surface area contributed by atoms with E-state index in [9.17, 15) is 15.0 Å². The lowest BCUT2D eigenvalue weighted by molar-refractivity contribution is -0.159. The SMILES string of the molecule is CCOC(=O)C(O)C(O)c1ccc(OCc2ccc(OCC(=NOC)c3ccccc3)cc2)cc1. The lowest BCUT2D eigenvalue weighted by atomic mass is 10.0. The Morgan fingerprint density at radius 1 is 0.886 bits per heavy atom. The summed E-state index contributed by atoms with van der Waals surface area (Å²) in [5.41, 5.74) is 2.93. The Morgan fingerprint density at radius 3 is 2.14 bits per heavy atom. The standard InChI is InChI=1S/C27H29NO7/c1-3-33-27(31)26(30)25(29)21-11-15-23(16-12-21)34-17-19-9-13-22(14-10-19)35-18-24(28-32-2)20-7-5-4-6-8-20/h4-16,25-26,29-30H,3,17-18H2,1-2H3. The molecular weight excluding hydrogens is 450 g/mol. The van der Waals surface area contributed by atoms with E-state index in [1.807, 2.05) is 54.6 Å². The molecule has 0 aliphatic rings. The maximum absolute atomic E-state index is 11.6. The van der Waals surface area contributed by atoms with Crippen LogP contribution in [0.3, 0.4) is 0 Å². The van der Waals surface area contributed by atoms with Crippen LogP contribution in [0.25, 0.3) is 0 Å². The van der Waals surface area contributed by atoms with Crippen LogP contribution in [0.5, 0.6) is 11.5 Å². The Bertz CT molecular complexity index is 1080. The van der Waals surface area contributed by atoms with Crippen LogP contribution >= 0.6 is 0 Å². The molecule has 0 fully saturated rings. The maximum atomic E-state index is 11.6. The summed E-state index contributed by atoms with van der Waals surface area (Å²) in [7, 11) is 1.50. The number of aliphatic hydroxyl groups is 2. The Morgan fingerprint density at radius 2 is 1.51 bits per heavy atom. The van der Waals surface area contributed by atoms with E-state index in [0.717, 1.165) is 11.1 Å². The van der Waals surface area contributed by atoms with Gasteiger partial charge in [-0.2, -0.15) is 0 Å².